The van der Waals surface area contributed by atoms with Gasteiger partial charge in [-0.05, 0) is 49.4 Å². The summed E-state index contributed by atoms with van der Waals surface area (Å²) in [7, 11) is 1.53. The number of carbonyl (C=O) groups excluding carboxylic acids is 3. The number of Topliss-reactive ketones (excluding diaryl/α,β-unsaturated/α-hetero) is 1. The van der Waals surface area contributed by atoms with Crippen molar-refractivity contribution >= 4 is 17.7 Å². The molecule has 0 spiro atoms. The second-order valence-corrected chi connectivity index (χ2v) is 5.98. The number of benzene rings is 2. The van der Waals surface area contributed by atoms with Gasteiger partial charge in [-0.25, -0.2) is 0 Å². The summed E-state index contributed by atoms with van der Waals surface area (Å²) < 4.78 is 20.5. The monoisotopic (exact) mass is 385 g/mol. The van der Waals surface area contributed by atoms with Crippen molar-refractivity contribution in [1.29, 1.82) is 0 Å². The lowest BCUT2D eigenvalue weighted by atomic mass is 10.1. The van der Waals surface area contributed by atoms with Crippen LogP contribution in [0.3, 0.4) is 0 Å². The SMILES string of the molecule is COc1ccc(C(=O)[C@H](C)OC(=O)CNC(=O)c2ccc3c(c2)OCO3)cc1. The van der Waals surface area contributed by atoms with Crippen molar-refractivity contribution in [3.05, 3.63) is 53.6 Å². The van der Waals surface area contributed by atoms with Crippen LogP contribution < -0.4 is 19.5 Å². The molecule has 0 saturated heterocycles. The van der Waals surface area contributed by atoms with Gasteiger partial charge in [-0.3, -0.25) is 14.4 Å². The molecule has 28 heavy (non-hydrogen) atoms. The second kappa shape index (κ2) is 8.43. The van der Waals surface area contributed by atoms with Gasteiger partial charge in [0.1, 0.15) is 12.3 Å². The maximum atomic E-state index is 12.3. The number of hydrogen-bond acceptors (Lipinski definition) is 7. The van der Waals surface area contributed by atoms with Gasteiger partial charge in [0, 0.05) is 11.1 Å². The molecule has 0 bridgehead atoms. The van der Waals surface area contributed by atoms with Gasteiger partial charge in [-0.2, -0.15) is 0 Å². The molecule has 146 valence electrons. The van der Waals surface area contributed by atoms with Crippen molar-refractivity contribution < 1.29 is 33.3 Å². The molecule has 1 heterocycles. The molecule has 0 unspecified atom stereocenters. The fourth-order valence-corrected chi connectivity index (χ4v) is 2.57. The Bertz CT molecular complexity index is 892. The molecule has 8 nitrogen and oxygen atoms in total. The third-order valence-corrected chi connectivity index (χ3v) is 4.08. The van der Waals surface area contributed by atoms with E-state index in [4.69, 9.17) is 18.9 Å². The highest BCUT2D eigenvalue weighted by Crippen LogP contribution is 2.32. The molecule has 1 N–H and O–H groups in total. The predicted octanol–water partition coefficient (Wildman–Crippen LogP) is 1.97. The zero-order valence-electron chi connectivity index (χ0n) is 15.4. The zero-order valence-corrected chi connectivity index (χ0v) is 15.4. The molecule has 1 aliphatic rings. The van der Waals surface area contributed by atoms with Crippen molar-refractivity contribution in [1.82, 2.24) is 5.32 Å². The fourth-order valence-electron chi connectivity index (χ4n) is 2.57. The first-order valence-corrected chi connectivity index (χ1v) is 8.53. The molecule has 2 aromatic rings. The molecule has 1 atom stereocenters. The van der Waals surface area contributed by atoms with E-state index in [0.717, 1.165) is 0 Å². The fraction of sp³-hybridized carbons (Fsp3) is 0.250. The number of nitrogens with one attached hydrogen (secondary N) is 1. The number of fused-ring (bicyclic) bond motifs is 1. The lowest BCUT2D eigenvalue weighted by molar-refractivity contribution is -0.145. The van der Waals surface area contributed by atoms with Crippen LogP contribution in [0, 0.1) is 0 Å². The summed E-state index contributed by atoms with van der Waals surface area (Å²) in [5.74, 6) is 0.106. The van der Waals surface area contributed by atoms with Crippen LogP contribution >= 0.6 is 0 Å². The average Bonchev–Trinajstić information content (AvgIpc) is 3.19. The van der Waals surface area contributed by atoms with Crippen molar-refractivity contribution in [2.24, 2.45) is 0 Å². The van der Waals surface area contributed by atoms with Crippen LogP contribution in [0.15, 0.2) is 42.5 Å². The molecule has 0 saturated carbocycles. The maximum absolute atomic E-state index is 12.3. The highest BCUT2D eigenvalue weighted by molar-refractivity contribution is 6.00. The second-order valence-electron chi connectivity index (χ2n) is 5.98. The van der Waals surface area contributed by atoms with Gasteiger partial charge in [0.25, 0.3) is 5.91 Å². The largest absolute Gasteiger partial charge is 0.497 e. The molecular formula is C20H19NO7. The number of ether oxygens (including phenoxy) is 4. The third kappa shape index (κ3) is 4.40. The third-order valence-electron chi connectivity index (χ3n) is 4.08. The van der Waals surface area contributed by atoms with Crippen LogP contribution in [-0.2, 0) is 9.53 Å². The van der Waals surface area contributed by atoms with Gasteiger partial charge in [0.05, 0.1) is 7.11 Å². The lowest BCUT2D eigenvalue weighted by Gasteiger charge is -2.13. The standard InChI is InChI=1S/C20H19NO7/c1-12(19(23)13-3-6-15(25-2)7-4-13)28-18(22)10-21-20(24)14-5-8-16-17(9-14)27-11-26-16/h3-9,12H,10-11H2,1-2H3,(H,21,24)/t12-/m0/s1. The van der Waals surface area contributed by atoms with Crippen molar-refractivity contribution in [3.8, 4) is 17.2 Å². The molecule has 0 radical (unpaired) electrons. The van der Waals surface area contributed by atoms with E-state index in [0.29, 0.717) is 28.4 Å². The summed E-state index contributed by atoms with van der Waals surface area (Å²) in [6.07, 6.45) is -0.983. The Morgan fingerprint density at radius 2 is 1.71 bits per heavy atom. The minimum atomic E-state index is -0.983. The molecule has 2 aromatic carbocycles. The molecular weight excluding hydrogens is 366 g/mol. The van der Waals surface area contributed by atoms with Crippen molar-refractivity contribution in [3.63, 3.8) is 0 Å². The molecule has 0 fully saturated rings. The number of rotatable bonds is 7. The van der Waals surface area contributed by atoms with E-state index in [2.05, 4.69) is 5.32 Å². The molecule has 1 aliphatic heterocycles. The van der Waals surface area contributed by atoms with Gasteiger partial charge in [0.15, 0.2) is 17.6 Å². The van der Waals surface area contributed by atoms with Crippen LogP contribution in [0.2, 0.25) is 0 Å². The minimum absolute atomic E-state index is 0.104. The Labute approximate surface area is 161 Å². The summed E-state index contributed by atoms with van der Waals surface area (Å²) in [6, 6.07) is 11.2. The van der Waals surface area contributed by atoms with E-state index < -0.39 is 18.0 Å². The van der Waals surface area contributed by atoms with Gasteiger partial charge >= 0.3 is 5.97 Å². The van der Waals surface area contributed by atoms with Crippen molar-refractivity contribution in [2.45, 2.75) is 13.0 Å². The number of ketones is 1. The summed E-state index contributed by atoms with van der Waals surface area (Å²) in [6.45, 7) is 1.21. The van der Waals surface area contributed by atoms with E-state index >= 15 is 0 Å². The van der Waals surface area contributed by atoms with E-state index in [-0.39, 0.29) is 19.1 Å². The Morgan fingerprint density at radius 3 is 2.43 bits per heavy atom. The van der Waals surface area contributed by atoms with E-state index in [9.17, 15) is 14.4 Å². The first kappa shape index (κ1) is 19.2. The first-order valence-electron chi connectivity index (χ1n) is 8.53. The zero-order chi connectivity index (χ0) is 20.1. The molecule has 0 aliphatic carbocycles. The number of amides is 1. The Balaban J connectivity index is 1.50. The number of methoxy groups -OCH3 is 1. The summed E-state index contributed by atoms with van der Waals surface area (Å²) in [4.78, 5) is 36.4. The van der Waals surface area contributed by atoms with Gasteiger partial charge < -0.3 is 24.3 Å². The first-order chi connectivity index (χ1) is 13.5. The number of carbonyl (C=O) groups is 3. The Hall–Kier alpha value is -3.55. The average molecular weight is 385 g/mol. The quantitative estimate of drug-likeness (QED) is 0.574. The van der Waals surface area contributed by atoms with Crippen LogP contribution in [0.1, 0.15) is 27.6 Å². The summed E-state index contributed by atoms with van der Waals surface area (Å²) in [5.41, 5.74) is 0.713. The van der Waals surface area contributed by atoms with Gasteiger partial charge in [-0.1, -0.05) is 0 Å². The van der Waals surface area contributed by atoms with E-state index in [1.54, 1.807) is 36.4 Å². The highest BCUT2D eigenvalue weighted by atomic mass is 16.7. The summed E-state index contributed by atoms with van der Waals surface area (Å²) in [5, 5.41) is 2.45. The van der Waals surface area contributed by atoms with Crippen molar-refractivity contribution in [2.75, 3.05) is 20.4 Å². The normalized spacial score (nSPS) is 12.8. The van der Waals surface area contributed by atoms with Crippen LogP contribution in [0.5, 0.6) is 17.2 Å². The van der Waals surface area contributed by atoms with Crippen LogP contribution in [0.25, 0.3) is 0 Å². The lowest BCUT2D eigenvalue weighted by Crippen LogP contribution is -2.34. The number of hydrogen-bond donors (Lipinski definition) is 1. The van der Waals surface area contributed by atoms with E-state index in [1.807, 2.05) is 0 Å². The predicted molar refractivity (Wildman–Crippen MR) is 97.8 cm³/mol. The highest BCUT2D eigenvalue weighted by Gasteiger charge is 2.21. The Morgan fingerprint density at radius 1 is 1.04 bits per heavy atom. The minimum Gasteiger partial charge on any atom is -0.497 e. The van der Waals surface area contributed by atoms with E-state index in [1.165, 1.54) is 20.1 Å². The van der Waals surface area contributed by atoms with Gasteiger partial charge in [0.2, 0.25) is 12.6 Å². The molecule has 3 rings (SSSR count). The molecule has 8 heteroatoms. The smallest absolute Gasteiger partial charge is 0.326 e. The van der Waals surface area contributed by atoms with Crippen LogP contribution in [0.4, 0.5) is 0 Å². The van der Waals surface area contributed by atoms with Gasteiger partial charge in [-0.15, -0.1) is 0 Å². The summed E-state index contributed by atoms with van der Waals surface area (Å²) >= 11 is 0. The Kier molecular flexibility index (Phi) is 5.78. The molecule has 0 aromatic heterocycles. The molecule has 1 amide bonds. The topological polar surface area (TPSA) is 100 Å². The maximum Gasteiger partial charge on any atom is 0.326 e. The number of esters is 1. The van der Waals surface area contributed by atoms with Crippen LogP contribution in [-0.4, -0.2) is 44.2 Å².